The zero-order valence-electron chi connectivity index (χ0n) is 19.8. The van der Waals surface area contributed by atoms with Crippen LogP contribution in [0.1, 0.15) is 43.1 Å². The fourth-order valence-electron chi connectivity index (χ4n) is 4.77. The van der Waals surface area contributed by atoms with Gasteiger partial charge >= 0.3 is 6.36 Å². The largest absolute Gasteiger partial charge is 0.522 e. The fourth-order valence-corrected chi connectivity index (χ4v) is 4.77. The van der Waals surface area contributed by atoms with Gasteiger partial charge in [0.25, 0.3) is 5.91 Å². The Kier molecular flexibility index (Phi) is 7.27. The van der Waals surface area contributed by atoms with Crippen LogP contribution in [-0.2, 0) is 19.1 Å². The average Bonchev–Trinajstić information content (AvgIpc) is 3.14. The zero-order chi connectivity index (χ0) is 27.0. The maximum absolute atomic E-state index is 13.5. The van der Waals surface area contributed by atoms with Gasteiger partial charge in [0.15, 0.2) is 5.78 Å². The van der Waals surface area contributed by atoms with E-state index in [1.54, 1.807) is 6.92 Å². The number of carbonyl (C=O) groups excluding carboxylic acids is 4. The molecule has 2 heterocycles. The summed E-state index contributed by atoms with van der Waals surface area (Å²) in [4.78, 5) is 53.8. The number of ketones is 1. The molecule has 1 aliphatic heterocycles. The first-order valence-electron chi connectivity index (χ1n) is 11.8. The minimum atomic E-state index is -5.05. The van der Waals surface area contributed by atoms with E-state index in [2.05, 4.69) is 25.7 Å². The number of alkyl halides is 3. The number of Topliss-reactive ketones (excluding diaryl/α,β-unsaturated/α-hetero) is 1. The van der Waals surface area contributed by atoms with Gasteiger partial charge in [0.1, 0.15) is 23.7 Å². The lowest BCUT2D eigenvalue weighted by Crippen LogP contribution is -2.55. The molecule has 4 rings (SSSR count). The Morgan fingerprint density at radius 3 is 2.62 bits per heavy atom. The van der Waals surface area contributed by atoms with Gasteiger partial charge in [-0.15, -0.1) is 13.2 Å². The zero-order valence-corrected chi connectivity index (χ0v) is 19.8. The number of aromatic nitrogens is 1. The molecule has 0 spiro atoms. The molecule has 2 aromatic rings. The van der Waals surface area contributed by atoms with Crippen LogP contribution in [-0.4, -0.2) is 59.6 Å². The molecule has 3 amide bonds. The van der Waals surface area contributed by atoms with Crippen LogP contribution < -0.4 is 16.0 Å². The second kappa shape index (κ2) is 10.1. The van der Waals surface area contributed by atoms with Crippen LogP contribution in [0.2, 0.25) is 0 Å². The number of ether oxygens (including phenoxy) is 1. The molecule has 2 unspecified atom stereocenters. The number of nitrogens with one attached hydrogen (secondary N) is 4. The van der Waals surface area contributed by atoms with Crippen molar-refractivity contribution in [3.05, 3.63) is 35.8 Å². The Labute approximate surface area is 208 Å². The molecular weight excluding hydrogens is 500 g/mol. The van der Waals surface area contributed by atoms with Crippen LogP contribution in [0.5, 0.6) is 0 Å². The molecule has 2 fully saturated rings. The van der Waals surface area contributed by atoms with E-state index in [0.717, 1.165) is 0 Å². The van der Waals surface area contributed by atoms with Gasteiger partial charge in [-0.25, -0.2) is 4.39 Å². The summed E-state index contributed by atoms with van der Waals surface area (Å²) < 4.78 is 54.7. The van der Waals surface area contributed by atoms with Gasteiger partial charge in [0, 0.05) is 23.4 Å². The third-order valence-corrected chi connectivity index (χ3v) is 6.92. The third-order valence-electron chi connectivity index (χ3n) is 6.92. The monoisotopic (exact) mass is 526 g/mol. The average molecular weight is 526 g/mol. The highest BCUT2D eigenvalue weighted by molar-refractivity contribution is 6.03. The van der Waals surface area contributed by atoms with Crippen molar-refractivity contribution in [3.8, 4) is 0 Å². The maximum Gasteiger partial charge on any atom is 0.522 e. The van der Waals surface area contributed by atoms with E-state index in [0.29, 0.717) is 30.3 Å². The molecule has 1 saturated carbocycles. The van der Waals surface area contributed by atoms with Crippen LogP contribution in [0.15, 0.2) is 24.3 Å². The molecule has 0 bridgehead atoms. The Hall–Kier alpha value is -3.48. The smallest absolute Gasteiger partial charge is 0.356 e. The van der Waals surface area contributed by atoms with Crippen molar-refractivity contribution in [1.82, 2.24) is 20.9 Å². The predicted octanol–water partition coefficient (Wildman–Crippen LogP) is 2.32. The van der Waals surface area contributed by atoms with Crippen molar-refractivity contribution in [2.45, 2.75) is 50.6 Å². The van der Waals surface area contributed by atoms with Crippen LogP contribution >= 0.6 is 0 Å². The van der Waals surface area contributed by atoms with Gasteiger partial charge < -0.3 is 20.9 Å². The van der Waals surface area contributed by atoms with Crippen molar-refractivity contribution >= 4 is 34.4 Å². The summed E-state index contributed by atoms with van der Waals surface area (Å²) in [6, 6.07) is 3.95. The Bertz CT molecular complexity index is 1230. The van der Waals surface area contributed by atoms with E-state index in [9.17, 15) is 36.7 Å². The van der Waals surface area contributed by atoms with Crippen molar-refractivity contribution in [2.75, 3.05) is 13.2 Å². The molecule has 1 saturated heterocycles. The summed E-state index contributed by atoms with van der Waals surface area (Å²) in [5.41, 5.74) is -0.795. The first-order valence-corrected chi connectivity index (χ1v) is 11.8. The van der Waals surface area contributed by atoms with Gasteiger partial charge in [-0.3, -0.25) is 23.9 Å². The molecule has 9 nitrogen and oxygen atoms in total. The van der Waals surface area contributed by atoms with Crippen molar-refractivity contribution in [3.63, 3.8) is 0 Å². The van der Waals surface area contributed by atoms with Gasteiger partial charge in [-0.1, -0.05) is 13.3 Å². The lowest BCUT2D eigenvalue weighted by atomic mass is 9.95. The molecule has 4 atom stereocenters. The molecule has 1 aromatic carbocycles. The van der Waals surface area contributed by atoms with E-state index in [-0.39, 0.29) is 30.4 Å². The predicted molar refractivity (Wildman–Crippen MR) is 122 cm³/mol. The number of aromatic amines is 1. The minimum Gasteiger partial charge on any atom is -0.356 e. The summed E-state index contributed by atoms with van der Waals surface area (Å²) in [7, 11) is 0. The third kappa shape index (κ3) is 5.92. The molecule has 37 heavy (non-hydrogen) atoms. The van der Waals surface area contributed by atoms with Gasteiger partial charge in [-0.2, -0.15) is 0 Å². The SMILES string of the molecule is CC[C@@H]1C[C@]1(NC(=O)c1cc2cc(F)ccc2[nH]1)C(=O)NC(CC1CCNC1=O)C(=O)COC(F)(F)F. The number of fused-ring (bicyclic) bond motifs is 1. The number of rotatable bonds is 10. The normalized spacial score (nSPS) is 24.0. The highest BCUT2D eigenvalue weighted by Gasteiger charge is 2.60. The maximum atomic E-state index is 13.5. The molecule has 200 valence electrons. The molecule has 2 aliphatic rings. The van der Waals surface area contributed by atoms with Crippen molar-refractivity contribution < 1.29 is 41.5 Å². The molecule has 1 aliphatic carbocycles. The summed E-state index contributed by atoms with van der Waals surface area (Å²) in [5, 5.41) is 8.19. The van der Waals surface area contributed by atoms with Gasteiger partial charge in [-0.05, 0) is 49.4 Å². The fraction of sp³-hybridized carbons (Fsp3) is 0.500. The Morgan fingerprint density at radius 1 is 1.24 bits per heavy atom. The second-order valence-electron chi connectivity index (χ2n) is 9.39. The van der Waals surface area contributed by atoms with Gasteiger partial charge in [0.2, 0.25) is 11.8 Å². The topological polar surface area (TPSA) is 129 Å². The van der Waals surface area contributed by atoms with E-state index in [1.807, 2.05) is 0 Å². The molecule has 1 aromatic heterocycles. The van der Waals surface area contributed by atoms with E-state index < -0.39 is 53.9 Å². The number of hydrogen-bond acceptors (Lipinski definition) is 5. The quantitative estimate of drug-likeness (QED) is 0.353. The minimum absolute atomic E-state index is 0.0864. The number of halogens is 4. The summed E-state index contributed by atoms with van der Waals surface area (Å²) in [5.74, 6) is -4.21. The van der Waals surface area contributed by atoms with Crippen LogP contribution in [0.25, 0.3) is 10.9 Å². The number of carbonyl (C=O) groups is 4. The van der Waals surface area contributed by atoms with E-state index >= 15 is 0 Å². The highest BCUT2D eigenvalue weighted by atomic mass is 19.4. The lowest BCUT2D eigenvalue weighted by molar-refractivity contribution is -0.321. The van der Waals surface area contributed by atoms with Crippen molar-refractivity contribution in [1.29, 1.82) is 0 Å². The molecule has 13 heteroatoms. The summed E-state index contributed by atoms with van der Waals surface area (Å²) in [6.45, 7) is 0.828. The van der Waals surface area contributed by atoms with Crippen LogP contribution in [0.4, 0.5) is 17.6 Å². The van der Waals surface area contributed by atoms with Gasteiger partial charge in [0.05, 0.1) is 6.04 Å². The number of benzene rings is 1. The Morgan fingerprint density at radius 2 is 2.00 bits per heavy atom. The standard InChI is InChI=1S/C24H26F4N4O5/c1-2-14-10-23(14,32-21(35)18-9-13-7-15(25)3-4-16(13)30-18)22(36)31-17(8-12-5-6-29-20(12)34)19(33)11-37-24(26,27)28/h3-4,7,9,12,14,17,30H,2,5-6,8,10-11H2,1H3,(H,29,34)(H,31,36)(H,32,35)/t12?,14-,17?,23-/m1/s1. The van der Waals surface area contributed by atoms with Crippen molar-refractivity contribution in [2.24, 2.45) is 11.8 Å². The summed E-state index contributed by atoms with van der Waals surface area (Å²) >= 11 is 0. The van der Waals surface area contributed by atoms with E-state index in [4.69, 9.17) is 0 Å². The number of hydrogen-bond donors (Lipinski definition) is 4. The highest BCUT2D eigenvalue weighted by Crippen LogP contribution is 2.46. The summed E-state index contributed by atoms with van der Waals surface area (Å²) in [6.07, 6.45) is -4.13. The Balaban J connectivity index is 1.51. The molecule has 0 radical (unpaired) electrons. The van der Waals surface area contributed by atoms with E-state index in [1.165, 1.54) is 24.3 Å². The van der Waals surface area contributed by atoms with Crippen LogP contribution in [0, 0.1) is 17.7 Å². The number of amides is 3. The molecule has 4 N–H and O–H groups in total. The van der Waals surface area contributed by atoms with Crippen LogP contribution in [0.3, 0.4) is 0 Å². The first kappa shape index (κ1) is 26.6. The molecular formula is C24H26F4N4O5. The lowest BCUT2D eigenvalue weighted by Gasteiger charge is -2.25. The number of H-pyrrole nitrogens is 1. The first-order chi connectivity index (χ1) is 17.4. The second-order valence-corrected chi connectivity index (χ2v) is 9.39.